The van der Waals surface area contributed by atoms with Gasteiger partial charge >= 0.3 is 5.97 Å². The van der Waals surface area contributed by atoms with Crippen molar-refractivity contribution in [3.63, 3.8) is 0 Å². The van der Waals surface area contributed by atoms with Crippen LogP contribution in [0.3, 0.4) is 0 Å². The van der Waals surface area contributed by atoms with Crippen LogP contribution in [0.1, 0.15) is 34.1 Å². The second-order valence-electron chi connectivity index (χ2n) is 3.40. The molecule has 0 aromatic carbocycles. The molecule has 3 nitrogen and oxygen atoms in total. The van der Waals surface area contributed by atoms with Gasteiger partial charge in [0.25, 0.3) is 0 Å². The van der Waals surface area contributed by atoms with Crippen molar-refractivity contribution in [3.8, 4) is 0 Å². The van der Waals surface area contributed by atoms with Crippen LogP contribution < -0.4 is 5.32 Å². The van der Waals surface area contributed by atoms with Crippen LogP contribution in [-0.4, -0.2) is 24.7 Å². The molecule has 0 aromatic heterocycles. The molecule has 0 spiro atoms. The average molecular weight is 173 g/mol. The molecule has 0 aliphatic rings. The molecule has 0 aliphatic carbocycles. The summed E-state index contributed by atoms with van der Waals surface area (Å²) in [5, 5.41) is 3.15. The maximum atomic E-state index is 11.0. The molecule has 0 radical (unpaired) electrons. The highest BCUT2D eigenvalue weighted by atomic mass is 16.5. The van der Waals surface area contributed by atoms with Crippen molar-refractivity contribution in [2.75, 3.05) is 6.54 Å². The van der Waals surface area contributed by atoms with Gasteiger partial charge in [-0.1, -0.05) is 13.8 Å². The molecule has 0 bridgehead atoms. The van der Waals surface area contributed by atoms with Crippen LogP contribution in [0.5, 0.6) is 0 Å². The molecule has 0 fully saturated rings. The van der Waals surface area contributed by atoms with E-state index in [0.29, 0.717) is 19.0 Å². The topological polar surface area (TPSA) is 38.3 Å². The van der Waals surface area contributed by atoms with E-state index in [1.165, 1.54) is 0 Å². The van der Waals surface area contributed by atoms with Gasteiger partial charge in [0.15, 0.2) is 0 Å². The third kappa shape index (κ3) is 7.54. The van der Waals surface area contributed by atoms with Crippen molar-refractivity contribution in [1.29, 1.82) is 0 Å². The third-order valence-electron chi connectivity index (χ3n) is 1.25. The van der Waals surface area contributed by atoms with Crippen molar-refractivity contribution < 1.29 is 9.53 Å². The van der Waals surface area contributed by atoms with Crippen LogP contribution in [-0.2, 0) is 9.53 Å². The van der Waals surface area contributed by atoms with Gasteiger partial charge in [-0.2, -0.15) is 0 Å². The lowest BCUT2D eigenvalue weighted by Gasteiger charge is -2.09. The smallest absolute Gasteiger partial charge is 0.307 e. The van der Waals surface area contributed by atoms with Gasteiger partial charge in [0, 0.05) is 12.6 Å². The van der Waals surface area contributed by atoms with E-state index in [0.717, 1.165) is 0 Å². The summed E-state index contributed by atoms with van der Waals surface area (Å²) < 4.78 is 4.95. The predicted molar refractivity (Wildman–Crippen MR) is 49.0 cm³/mol. The minimum absolute atomic E-state index is 0.00319. The standard InChI is InChI=1S/C9H19NO2/c1-7(2)10-6-5-9(11)12-8(3)4/h7-8,10H,5-6H2,1-4H3. The Labute approximate surface area is 74.5 Å². The Bertz CT molecular complexity index is 132. The summed E-state index contributed by atoms with van der Waals surface area (Å²) in [4.78, 5) is 11.0. The molecule has 0 rings (SSSR count). The SMILES string of the molecule is CC(C)NCCC(=O)OC(C)C. The fourth-order valence-corrected chi connectivity index (χ4v) is 0.785. The highest BCUT2D eigenvalue weighted by Crippen LogP contribution is 1.92. The maximum Gasteiger partial charge on any atom is 0.307 e. The van der Waals surface area contributed by atoms with Crippen LogP contribution in [0.4, 0.5) is 0 Å². The molecule has 1 N–H and O–H groups in total. The van der Waals surface area contributed by atoms with Gasteiger partial charge in [0.05, 0.1) is 12.5 Å². The molecule has 0 saturated carbocycles. The highest BCUT2D eigenvalue weighted by molar-refractivity contribution is 5.69. The third-order valence-corrected chi connectivity index (χ3v) is 1.25. The molecular formula is C9H19NO2. The Morgan fingerprint density at radius 1 is 1.33 bits per heavy atom. The Morgan fingerprint density at radius 2 is 1.92 bits per heavy atom. The molecule has 72 valence electrons. The molecule has 0 unspecified atom stereocenters. The quantitative estimate of drug-likeness (QED) is 0.637. The average Bonchev–Trinajstić information content (AvgIpc) is 1.84. The Kier molecular flexibility index (Phi) is 5.72. The number of hydrogen-bond donors (Lipinski definition) is 1. The number of rotatable bonds is 5. The first-order valence-corrected chi connectivity index (χ1v) is 4.45. The van der Waals surface area contributed by atoms with E-state index in [1.54, 1.807) is 0 Å². The molecule has 0 saturated heterocycles. The second kappa shape index (κ2) is 6.00. The largest absolute Gasteiger partial charge is 0.463 e. The summed E-state index contributed by atoms with van der Waals surface area (Å²) in [6.45, 7) is 8.51. The molecule has 12 heavy (non-hydrogen) atoms. The van der Waals surface area contributed by atoms with E-state index >= 15 is 0 Å². The second-order valence-corrected chi connectivity index (χ2v) is 3.40. The number of nitrogens with one attached hydrogen (secondary N) is 1. The minimum atomic E-state index is -0.127. The van der Waals surface area contributed by atoms with Gasteiger partial charge < -0.3 is 10.1 Å². The monoisotopic (exact) mass is 173 g/mol. The first-order chi connectivity index (χ1) is 5.52. The summed E-state index contributed by atoms with van der Waals surface area (Å²) in [6, 6.07) is 0.428. The molecular weight excluding hydrogens is 154 g/mol. The van der Waals surface area contributed by atoms with Gasteiger partial charge in [-0.25, -0.2) is 0 Å². The lowest BCUT2D eigenvalue weighted by atomic mass is 10.3. The normalized spacial score (nSPS) is 10.8. The molecule has 0 heterocycles. The predicted octanol–water partition coefficient (Wildman–Crippen LogP) is 1.33. The summed E-state index contributed by atoms with van der Waals surface area (Å²) in [7, 11) is 0. The van der Waals surface area contributed by atoms with Crippen LogP contribution in [0, 0.1) is 0 Å². The van der Waals surface area contributed by atoms with E-state index in [1.807, 2.05) is 27.7 Å². The van der Waals surface area contributed by atoms with Crippen molar-refractivity contribution in [3.05, 3.63) is 0 Å². The van der Waals surface area contributed by atoms with Crippen molar-refractivity contribution in [1.82, 2.24) is 5.32 Å². The van der Waals surface area contributed by atoms with Gasteiger partial charge in [0.2, 0.25) is 0 Å². The van der Waals surface area contributed by atoms with E-state index in [-0.39, 0.29) is 12.1 Å². The van der Waals surface area contributed by atoms with Gasteiger partial charge in [-0.3, -0.25) is 4.79 Å². The van der Waals surface area contributed by atoms with Crippen LogP contribution in [0.25, 0.3) is 0 Å². The molecule has 0 aliphatic heterocycles. The van der Waals surface area contributed by atoms with Crippen LogP contribution >= 0.6 is 0 Å². The zero-order valence-corrected chi connectivity index (χ0v) is 8.39. The lowest BCUT2D eigenvalue weighted by Crippen LogP contribution is -2.26. The first kappa shape index (κ1) is 11.4. The van der Waals surface area contributed by atoms with Crippen molar-refractivity contribution >= 4 is 5.97 Å². The molecule has 0 aromatic rings. The van der Waals surface area contributed by atoms with Crippen LogP contribution in [0.2, 0.25) is 0 Å². The molecule has 0 atom stereocenters. The number of esters is 1. The van der Waals surface area contributed by atoms with Gasteiger partial charge in [0.1, 0.15) is 0 Å². The summed E-state index contributed by atoms with van der Waals surface area (Å²) in [5.74, 6) is -0.127. The minimum Gasteiger partial charge on any atom is -0.463 e. The zero-order valence-electron chi connectivity index (χ0n) is 8.39. The first-order valence-electron chi connectivity index (χ1n) is 4.45. The fraction of sp³-hybridized carbons (Fsp3) is 0.889. The summed E-state index contributed by atoms with van der Waals surface area (Å²) in [6.07, 6.45) is 0.452. The van der Waals surface area contributed by atoms with E-state index in [2.05, 4.69) is 5.32 Å². The fourth-order valence-electron chi connectivity index (χ4n) is 0.785. The Balaban J connectivity index is 3.32. The number of carbonyl (C=O) groups is 1. The Hall–Kier alpha value is -0.570. The number of ether oxygens (including phenoxy) is 1. The van der Waals surface area contributed by atoms with Gasteiger partial charge in [-0.15, -0.1) is 0 Å². The van der Waals surface area contributed by atoms with Gasteiger partial charge in [-0.05, 0) is 13.8 Å². The van der Waals surface area contributed by atoms with E-state index < -0.39 is 0 Å². The molecule has 3 heteroatoms. The Morgan fingerprint density at radius 3 is 2.33 bits per heavy atom. The van der Waals surface area contributed by atoms with Crippen LogP contribution in [0.15, 0.2) is 0 Å². The van der Waals surface area contributed by atoms with E-state index in [4.69, 9.17) is 4.74 Å². The zero-order chi connectivity index (χ0) is 9.56. The van der Waals surface area contributed by atoms with Crippen molar-refractivity contribution in [2.24, 2.45) is 0 Å². The lowest BCUT2D eigenvalue weighted by molar-refractivity contribution is -0.147. The van der Waals surface area contributed by atoms with Crippen molar-refractivity contribution in [2.45, 2.75) is 46.3 Å². The number of carbonyl (C=O) groups excluding carboxylic acids is 1. The summed E-state index contributed by atoms with van der Waals surface area (Å²) >= 11 is 0. The van der Waals surface area contributed by atoms with E-state index in [9.17, 15) is 4.79 Å². The highest BCUT2D eigenvalue weighted by Gasteiger charge is 2.04. The number of hydrogen-bond acceptors (Lipinski definition) is 3. The maximum absolute atomic E-state index is 11.0. The summed E-state index contributed by atoms with van der Waals surface area (Å²) in [5.41, 5.74) is 0. The molecule has 0 amide bonds.